The maximum atomic E-state index is 5.82. The minimum atomic E-state index is 0.361. The van der Waals surface area contributed by atoms with Crippen LogP contribution in [0.15, 0.2) is 0 Å². The topological polar surface area (TPSA) is 18.5 Å². The molecule has 2 unspecified atom stereocenters. The second kappa shape index (κ2) is 6.81. The molecule has 1 fully saturated rings. The molecule has 1 aliphatic rings. The van der Waals surface area contributed by atoms with E-state index < -0.39 is 0 Å². The van der Waals surface area contributed by atoms with E-state index in [0.29, 0.717) is 18.3 Å². The quantitative estimate of drug-likeness (QED) is 0.561. The van der Waals surface area contributed by atoms with Gasteiger partial charge in [-0.1, -0.05) is 15.9 Å². The third kappa shape index (κ3) is 4.76. The minimum Gasteiger partial charge on any atom is -0.378 e. The average molecular weight is 265 g/mol. The molecule has 0 aromatic rings. The van der Waals surface area contributed by atoms with Crippen molar-refractivity contribution in [2.45, 2.75) is 57.8 Å². The highest BCUT2D eigenvalue weighted by molar-refractivity contribution is 9.09. The Kier molecular flexibility index (Phi) is 6.06. The number of ether oxygens (including phenoxy) is 2. The van der Waals surface area contributed by atoms with E-state index in [2.05, 4.69) is 29.8 Å². The van der Waals surface area contributed by atoms with Crippen LogP contribution in [0.25, 0.3) is 0 Å². The second-order valence-corrected chi connectivity index (χ2v) is 4.91. The van der Waals surface area contributed by atoms with Crippen LogP contribution in [0.2, 0.25) is 0 Å². The summed E-state index contributed by atoms with van der Waals surface area (Å²) in [5.74, 6) is 0. The normalized spacial score (nSPS) is 33.2. The van der Waals surface area contributed by atoms with Gasteiger partial charge in [0, 0.05) is 11.9 Å². The third-order valence-electron chi connectivity index (χ3n) is 2.54. The van der Waals surface area contributed by atoms with Crippen molar-refractivity contribution < 1.29 is 9.47 Å². The molecule has 14 heavy (non-hydrogen) atoms. The number of hydrogen-bond acceptors (Lipinski definition) is 2. The van der Waals surface area contributed by atoms with Crippen LogP contribution in [-0.2, 0) is 9.47 Å². The maximum Gasteiger partial charge on any atom is 0.0624 e. The van der Waals surface area contributed by atoms with Gasteiger partial charge in [0.15, 0.2) is 0 Å². The van der Waals surface area contributed by atoms with Gasteiger partial charge in [0.1, 0.15) is 0 Å². The van der Waals surface area contributed by atoms with Crippen LogP contribution in [-0.4, -0.2) is 30.2 Å². The van der Waals surface area contributed by atoms with E-state index in [-0.39, 0.29) is 0 Å². The lowest BCUT2D eigenvalue weighted by atomic mass is 10.0. The van der Waals surface area contributed by atoms with E-state index in [1.165, 1.54) is 6.42 Å². The van der Waals surface area contributed by atoms with Crippen molar-refractivity contribution in [2.75, 3.05) is 11.9 Å². The Morgan fingerprint density at radius 1 is 1.21 bits per heavy atom. The van der Waals surface area contributed by atoms with Crippen molar-refractivity contribution in [3.63, 3.8) is 0 Å². The van der Waals surface area contributed by atoms with E-state index in [9.17, 15) is 0 Å². The van der Waals surface area contributed by atoms with Gasteiger partial charge in [0.25, 0.3) is 0 Å². The van der Waals surface area contributed by atoms with Gasteiger partial charge < -0.3 is 9.47 Å². The average Bonchev–Trinajstić information content (AvgIpc) is 2.11. The van der Waals surface area contributed by atoms with Gasteiger partial charge in [-0.25, -0.2) is 0 Å². The van der Waals surface area contributed by atoms with Crippen molar-refractivity contribution in [1.29, 1.82) is 0 Å². The van der Waals surface area contributed by atoms with E-state index in [0.717, 1.165) is 31.2 Å². The van der Waals surface area contributed by atoms with Crippen molar-refractivity contribution in [1.82, 2.24) is 0 Å². The molecule has 0 aliphatic carbocycles. The van der Waals surface area contributed by atoms with Crippen molar-refractivity contribution in [3.05, 3.63) is 0 Å². The predicted octanol–water partition coefficient (Wildman–Crippen LogP) is 3.13. The Balaban J connectivity index is 2.10. The lowest BCUT2D eigenvalue weighted by Crippen LogP contribution is -2.34. The molecule has 84 valence electrons. The predicted molar refractivity (Wildman–Crippen MR) is 62.0 cm³/mol. The first-order valence-electron chi connectivity index (χ1n) is 5.55. The smallest absolute Gasteiger partial charge is 0.0624 e. The van der Waals surface area contributed by atoms with Gasteiger partial charge in [-0.2, -0.15) is 0 Å². The zero-order valence-corrected chi connectivity index (χ0v) is 10.8. The zero-order chi connectivity index (χ0) is 10.4. The van der Waals surface area contributed by atoms with Gasteiger partial charge >= 0.3 is 0 Å². The highest BCUT2D eigenvalue weighted by Gasteiger charge is 2.24. The number of unbranched alkanes of at least 4 members (excludes halogenated alkanes) is 1. The Labute approximate surface area is 95.5 Å². The molecule has 0 spiro atoms. The maximum absolute atomic E-state index is 5.82. The standard InChI is InChI=1S/C11H21BrO2/c1-9-7-11(8-10(2)14-9)13-6-4-3-5-12/h9-11H,3-8H2,1-2H3. The summed E-state index contributed by atoms with van der Waals surface area (Å²) in [6, 6.07) is 0. The monoisotopic (exact) mass is 264 g/mol. The molecule has 1 aliphatic heterocycles. The van der Waals surface area contributed by atoms with Gasteiger partial charge in [0.05, 0.1) is 18.3 Å². The summed E-state index contributed by atoms with van der Waals surface area (Å²) in [4.78, 5) is 0. The van der Waals surface area contributed by atoms with Gasteiger partial charge in [-0.3, -0.25) is 0 Å². The fourth-order valence-corrected chi connectivity index (χ4v) is 2.32. The number of rotatable bonds is 5. The molecule has 0 saturated carbocycles. The summed E-state index contributed by atoms with van der Waals surface area (Å²) in [6.07, 6.45) is 5.61. The summed E-state index contributed by atoms with van der Waals surface area (Å²) < 4.78 is 11.5. The van der Waals surface area contributed by atoms with E-state index in [4.69, 9.17) is 9.47 Å². The zero-order valence-electron chi connectivity index (χ0n) is 9.17. The Morgan fingerprint density at radius 3 is 2.43 bits per heavy atom. The second-order valence-electron chi connectivity index (χ2n) is 4.12. The van der Waals surface area contributed by atoms with Crippen LogP contribution in [0.4, 0.5) is 0 Å². The SMILES string of the molecule is CC1CC(OCCCCBr)CC(C)O1. The molecule has 3 heteroatoms. The first kappa shape index (κ1) is 12.5. The molecule has 1 rings (SSSR count). The highest BCUT2D eigenvalue weighted by atomic mass is 79.9. The lowest BCUT2D eigenvalue weighted by molar-refractivity contribution is -0.102. The van der Waals surface area contributed by atoms with Crippen molar-refractivity contribution in [3.8, 4) is 0 Å². The minimum absolute atomic E-state index is 0.361. The summed E-state index contributed by atoms with van der Waals surface area (Å²) in [5.41, 5.74) is 0. The van der Waals surface area contributed by atoms with Crippen LogP contribution in [0.3, 0.4) is 0 Å². The molecule has 0 bridgehead atoms. The highest BCUT2D eigenvalue weighted by Crippen LogP contribution is 2.21. The molecule has 0 amide bonds. The Bertz CT molecular complexity index is 142. The summed E-state index contributed by atoms with van der Waals surface area (Å²) in [6.45, 7) is 5.16. The van der Waals surface area contributed by atoms with Crippen LogP contribution in [0.1, 0.15) is 39.5 Å². The Morgan fingerprint density at radius 2 is 1.86 bits per heavy atom. The molecule has 0 aromatic heterocycles. The molecule has 0 radical (unpaired) electrons. The van der Waals surface area contributed by atoms with Crippen molar-refractivity contribution >= 4 is 15.9 Å². The summed E-state index contributed by atoms with van der Waals surface area (Å²) >= 11 is 3.42. The van der Waals surface area contributed by atoms with Crippen molar-refractivity contribution in [2.24, 2.45) is 0 Å². The van der Waals surface area contributed by atoms with E-state index in [1.807, 2.05) is 0 Å². The van der Waals surface area contributed by atoms with Crippen LogP contribution >= 0.6 is 15.9 Å². The molecule has 2 nitrogen and oxygen atoms in total. The van der Waals surface area contributed by atoms with Gasteiger partial charge in [-0.15, -0.1) is 0 Å². The summed E-state index contributed by atoms with van der Waals surface area (Å²) in [7, 11) is 0. The fraction of sp³-hybridized carbons (Fsp3) is 1.00. The van der Waals surface area contributed by atoms with Gasteiger partial charge in [0.2, 0.25) is 0 Å². The van der Waals surface area contributed by atoms with Gasteiger partial charge in [-0.05, 0) is 39.5 Å². The van der Waals surface area contributed by atoms with E-state index >= 15 is 0 Å². The number of alkyl halides is 1. The largest absolute Gasteiger partial charge is 0.378 e. The number of hydrogen-bond donors (Lipinski definition) is 0. The van der Waals surface area contributed by atoms with E-state index in [1.54, 1.807) is 0 Å². The molecule has 2 atom stereocenters. The molecule has 1 saturated heterocycles. The van der Waals surface area contributed by atoms with Crippen LogP contribution in [0, 0.1) is 0 Å². The summed E-state index contributed by atoms with van der Waals surface area (Å²) in [5, 5.41) is 1.08. The first-order chi connectivity index (χ1) is 6.72. The first-order valence-corrected chi connectivity index (χ1v) is 6.67. The van der Waals surface area contributed by atoms with Crippen LogP contribution < -0.4 is 0 Å². The van der Waals surface area contributed by atoms with Crippen LogP contribution in [0.5, 0.6) is 0 Å². The lowest BCUT2D eigenvalue weighted by Gasteiger charge is -2.31. The third-order valence-corrected chi connectivity index (χ3v) is 3.10. The molecular formula is C11H21BrO2. The molecule has 0 aromatic carbocycles. The Hall–Kier alpha value is 0.400. The molecular weight excluding hydrogens is 244 g/mol. The number of halogens is 1. The molecule has 1 heterocycles. The fourth-order valence-electron chi connectivity index (χ4n) is 1.93. The molecule has 0 N–H and O–H groups in total.